The molecule has 1 aromatic heterocycles. The minimum Gasteiger partial charge on any atom is -0.360 e. The summed E-state index contributed by atoms with van der Waals surface area (Å²) < 4.78 is 0. The lowest BCUT2D eigenvalue weighted by Gasteiger charge is -2.09. The molecular formula is C17H12ClNO. The Morgan fingerprint density at radius 2 is 1.90 bits per heavy atom. The number of nitrogens with one attached hydrogen (secondary N) is 1. The highest BCUT2D eigenvalue weighted by Gasteiger charge is 2.31. The molecule has 1 aliphatic carbocycles. The van der Waals surface area contributed by atoms with Gasteiger partial charge in [0.1, 0.15) is 0 Å². The van der Waals surface area contributed by atoms with Gasteiger partial charge >= 0.3 is 0 Å². The van der Waals surface area contributed by atoms with Crippen LogP contribution in [0, 0.1) is 0 Å². The van der Waals surface area contributed by atoms with Gasteiger partial charge in [0, 0.05) is 29.5 Å². The monoisotopic (exact) mass is 281 g/mol. The summed E-state index contributed by atoms with van der Waals surface area (Å²) in [6, 6.07) is 13.8. The van der Waals surface area contributed by atoms with Crippen LogP contribution in [0.3, 0.4) is 0 Å². The molecule has 1 N–H and O–H groups in total. The van der Waals surface area contributed by atoms with Crippen LogP contribution in [0.1, 0.15) is 33.8 Å². The molecular weight excluding hydrogens is 270 g/mol. The SMILES string of the molecule is O=C1CC(c2c[nH]c3c(Cl)cccc23)c2ccccc21. The summed E-state index contributed by atoms with van der Waals surface area (Å²) in [5, 5.41) is 1.82. The number of ketones is 1. The smallest absolute Gasteiger partial charge is 0.164 e. The van der Waals surface area contributed by atoms with Crippen molar-refractivity contribution in [3.63, 3.8) is 0 Å². The highest BCUT2D eigenvalue weighted by Crippen LogP contribution is 2.41. The van der Waals surface area contributed by atoms with Gasteiger partial charge < -0.3 is 4.98 Å². The molecule has 0 saturated carbocycles. The van der Waals surface area contributed by atoms with Crippen LogP contribution in [0.15, 0.2) is 48.7 Å². The Balaban J connectivity index is 1.94. The van der Waals surface area contributed by atoms with Crippen molar-refractivity contribution in [3.8, 4) is 0 Å². The molecule has 1 atom stereocenters. The van der Waals surface area contributed by atoms with E-state index in [0.29, 0.717) is 11.4 Å². The third-order valence-corrected chi connectivity index (χ3v) is 4.41. The molecule has 1 aliphatic rings. The molecule has 0 fully saturated rings. The molecule has 2 aromatic carbocycles. The molecule has 1 heterocycles. The van der Waals surface area contributed by atoms with Crippen molar-refractivity contribution in [1.82, 2.24) is 4.98 Å². The molecule has 98 valence electrons. The van der Waals surface area contributed by atoms with Crippen LogP contribution in [0.25, 0.3) is 10.9 Å². The second-order valence-electron chi connectivity index (χ2n) is 5.17. The molecule has 2 nitrogen and oxygen atoms in total. The van der Waals surface area contributed by atoms with Crippen molar-refractivity contribution in [3.05, 3.63) is 70.4 Å². The van der Waals surface area contributed by atoms with Crippen LogP contribution >= 0.6 is 11.6 Å². The number of aromatic nitrogens is 1. The van der Waals surface area contributed by atoms with Gasteiger partial charge in [-0.05, 0) is 17.2 Å². The van der Waals surface area contributed by atoms with Gasteiger partial charge in [-0.15, -0.1) is 0 Å². The van der Waals surface area contributed by atoms with Gasteiger partial charge in [-0.1, -0.05) is 48.0 Å². The highest BCUT2D eigenvalue weighted by atomic mass is 35.5. The number of halogens is 1. The molecule has 20 heavy (non-hydrogen) atoms. The molecule has 3 heteroatoms. The van der Waals surface area contributed by atoms with E-state index in [0.717, 1.165) is 27.6 Å². The Labute approximate surface area is 121 Å². The molecule has 0 saturated heterocycles. The number of aromatic amines is 1. The summed E-state index contributed by atoms with van der Waals surface area (Å²) in [7, 11) is 0. The Morgan fingerprint density at radius 1 is 1.05 bits per heavy atom. The third kappa shape index (κ3) is 1.55. The van der Waals surface area contributed by atoms with Gasteiger partial charge in [0.15, 0.2) is 5.78 Å². The molecule has 0 amide bonds. The fourth-order valence-corrected chi connectivity index (χ4v) is 3.39. The van der Waals surface area contributed by atoms with Crippen LogP contribution in [0.4, 0.5) is 0 Å². The summed E-state index contributed by atoms with van der Waals surface area (Å²) in [6.07, 6.45) is 2.52. The first kappa shape index (κ1) is 11.7. The largest absolute Gasteiger partial charge is 0.360 e. The van der Waals surface area contributed by atoms with Gasteiger partial charge in [-0.25, -0.2) is 0 Å². The first-order valence-corrected chi connectivity index (χ1v) is 7.01. The first-order valence-electron chi connectivity index (χ1n) is 6.63. The van der Waals surface area contributed by atoms with E-state index < -0.39 is 0 Å². The predicted molar refractivity (Wildman–Crippen MR) is 80.5 cm³/mol. The number of fused-ring (bicyclic) bond motifs is 2. The molecule has 0 spiro atoms. The Kier molecular flexibility index (Phi) is 2.48. The Bertz CT molecular complexity index is 834. The number of para-hydroxylation sites is 1. The normalized spacial score (nSPS) is 17.6. The van der Waals surface area contributed by atoms with Crippen molar-refractivity contribution >= 4 is 28.3 Å². The molecule has 0 radical (unpaired) electrons. The number of Topliss-reactive ketones (excluding diaryl/α,β-unsaturated/α-hetero) is 1. The predicted octanol–water partition coefficient (Wildman–Crippen LogP) is 4.54. The van der Waals surface area contributed by atoms with E-state index in [1.54, 1.807) is 0 Å². The fourth-order valence-electron chi connectivity index (χ4n) is 3.16. The zero-order chi connectivity index (χ0) is 13.7. The average Bonchev–Trinajstić information content (AvgIpc) is 3.02. The quantitative estimate of drug-likeness (QED) is 0.698. The van der Waals surface area contributed by atoms with E-state index in [9.17, 15) is 4.79 Å². The van der Waals surface area contributed by atoms with Crippen LogP contribution in [-0.4, -0.2) is 10.8 Å². The van der Waals surface area contributed by atoms with Crippen LogP contribution in [0.2, 0.25) is 5.02 Å². The van der Waals surface area contributed by atoms with Gasteiger partial charge in [0.05, 0.1) is 10.5 Å². The molecule has 3 aromatic rings. The molecule has 0 bridgehead atoms. The van der Waals surface area contributed by atoms with Crippen LogP contribution < -0.4 is 0 Å². The van der Waals surface area contributed by atoms with E-state index in [1.807, 2.05) is 42.6 Å². The zero-order valence-corrected chi connectivity index (χ0v) is 11.4. The van der Waals surface area contributed by atoms with Crippen molar-refractivity contribution in [1.29, 1.82) is 0 Å². The molecule has 1 unspecified atom stereocenters. The number of hydrogen-bond acceptors (Lipinski definition) is 1. The lowest BCUT2D eigenvalue weighted by atomic mass is 9.93. The van der Waals surface area contributed by atoms with E-state index in [-0.39, 0.29) is 11.7 Å². The number of benzene rings is 2. The lowest BCUT2D eigenvalue weighted by molar-refractivity contribution is 0.0991. The number of hydrogen-bond donors (Lipinski definition) is 1. The summed E-state index contributed by atoms with van der Waals surface area (Å²) in [5.41, 5.74) is 4.08. The second kappa shape index (κ2) is 4.22. The van der Waals surface area contributed by atoms with Crippen molar-refractivity contribution in [2.75, 3.05) is 0 Å². The Morgan fingerprint density at radius 3 is 2.80 bits per heavy atom. The van der Waals surface area contributed by atoms with Crippen molar-refractivity contribution in [2.24, 2.45) is 0 Å². The number of carbonyl (C=O) groups is 1. The van der Waals surface area contributed by atoms with Crippen molar-refractivity contribution in [2.45, 2.75) is 12.3 Å². The molecule has 0 aliphatic heterocycles. The maximum Gasteiger partial charge on any atom is 0.164 e. The van der Waals surface area contributed by atoms with Crippen LogP contribution in [-0.2, 0) is 0 Å². The maximum atomic E-state index is 12.1. The Hall–Kier alpha value is -2.06. The average molecular weight is 282 g/mol. The number of H-pyrrole nitrogens is 1. The van der Waals surface area contributed by atoms with E-state index >= 15 is 0 Å². The van der Waals surface area contributed by atoms with E-state index in [1.165, 1.54) is 0 Å². The van der Waals surface area contributed by atoms with Gasteiger partial charge in [-0.3, -0.25) is 4.79 Å². The van der Waals surface area contributed by atoms with Gasteiger partial charge in [-0.2, -0.15) is 0 Å². The summed E-state index contributed by atoms with van der Waals surface area (Å²) >= 11 is 6.21. The second-order valence-corrected chi connectivity index (χ2v) is 5.58. The number of carbonyl (C=O) groups excluding carboxylic acids is 1. The minimum absolute atomic E-state index is 0.130. The summed E-state index contributed by atoms with van der Waals surface area (Å²) in [4.78, 5) is 15.4. The van der Waals surface area contributed by atoms with E-state index in [2.05, 4.69) is 11.1 Å². The van der Waals surface area contributed by atoms with Crippen LogP contribution in [0.5, 0.6) is 0 Å². The molecule has 4 rings (SSSR count). The van der Waals surface area contributed by atoms with Gasteiger partial charge in [0.2, 0.25) is 0 Å². The maximum absolute atomic E-state index is 12.1. The minimum atomic E-state index is 0.130. The highest BCUT2D eigenvalue weighted by molar-refractivity contribution is 6.35. The van der Waals surface area contributed by atoms with Crippen molar-refractivity contribution < 1.29 is 4.79 Å². The fraction of sp³-hybridized carbons (Fsp3) is 0.118. The number of rotatable bonds is 1. The summed E-state index contributed by atoms with van der Waals surface area (Å²) in [6.45, 7) is 0. The summed E-state index contributed by atoms with van der Waals surface area (Å²) in [5.74, 6) is 0.355. The topological polar surface area (TPSA) is 32.9 Å². The van der Waals surface area contributed by atoms with Gasteiger partial charge in [0.25, 0.3) is 0 Å². The zero-order valence-electron chi connectivity index (χ0n) is 10.7. The first-order chi connectivity index (χ1) is 9.75. The lowest BCUT2D eigenvalue weighted by Crippen LogP contribution is -1.95. The van der Waals surface area contributed by atoms with E-state index in [4.69, 9.17) is 11.6 Å². The third-order valence-electron chi connectivity index (χ3n) is 4.10. The standard InChI is InChI=1S/C17H12ClNO/c18-15-7-3-6-12-14(9-19-17(12)15)13-8-16(20)11-5-2-1-4-10(11)13/h1-7,9,13,19H,8H2.